The Morgan fingerprint density at radius 3 is 2.35 bits per heavy atom. The lowest BCUT2D eigenvalue weighted by Crippen LogP contribution is -2.44. The number of imide groups is 1. The molecule has 1 atom stereocenters. The van der Waals surface area contributed by atoms with E-state index in [1.807, 2.05) is 30.3 Å². The molecular formula is C22H22N4O5. The molecule has 0 bridgehead atoms. The number of hydrogen-bond acceptors (Lipinski definition) is 5. The molecule has 9 nitrogen and oxygen atoms in total. The molecule has 9 heteroatoms. The number of nitrogens with zero attached hydrogens (tertiary/aromatic N) is 1. The van der Waals surface area contributed by atoms with E-state index in [4.69, 9.17) is 4.74 Å². The van der Waals surface area contributed by atoms with E-state index in [2.05, 4.69) is 15.6 Å². The summed E-state index contributed by atoms with van der Waals surface area (Å²) in [7, 11) is 0. The number of carbonyl (C=O) groups is 3. The number of aromatic nitrogens is 2. The predicted molar refractivity (Wildman–Crippen MR) is 113 cm³/mol. The summed E-state index contributed by atoms with van der Waals surface area (Å²) >= 11 is 0. The maximum absolute atomic E-state index is 12.3. The molecule has 0 aliphatic heterocycles. The summed E-state index contributed by atoms with van der Waals surface area (Å²) in [6.07, 6.45) is 0.407. The van der Waals surface area contributed by atoms with Gasteiger partial charge in [0.05, 0.1) is 11.3 Å². The molecule has 1 aromatic heterocycles. The zero-order valence-electron chi connectivity index (χ0n) is 17.0. The van der Waals surface area contributed by atoms with Crippen molar-refractivity contribution in [1.29, 1.82) is 0 Å². The lowest BCUT2D eigenvalue weighted by molar-refractivity contribution is -0.127. The van der Waals surface area contributed by atoms with Crippen molar-refractivity contribution in [2.45, 2.75) is 26.5 Å². The molecule has 0 aliphatic carbocycles. The molecule has 0 radical (unpaired) electrons. The van der Waals surface area contributed by atoms with Crippen LogP contribution in [0.3, 0.4) is 0 Å². The number of benzene rings is 2. The summed E-state index contributed by atoms with van der Waals surface area (Å²) in [5.41, 5.74) is 2.10. The number of imidazole rings is 1. The van der Waals surface area contributed by atoms with E-state index < -0.39 is 24.0 Å². The molecule has 0 saturated carbocycles. The molecule has 31 heavy (non-hydrogen) atoms. The van der Waals surface area contributed by atoms with Gasteiger partial charge in [-0.3, -0.25) is 14.7 Å². The zero-order chi connectivity index (χ0) is 22.4. The van der Waals surface area contributed by atoms with Crippen molar-refractivity contribution in [2.24, 2.45) is 0 Å². The molecule has 3 rings (SSSR count). The summed E-state index contributed by atoms with van der Waals surface area (Å²) < 4.78 is 6.59. The highest BCUT2D eigenvalue weighted by Gasteiger charge is 2.21. The molecule has 2 aromatic carbocycles. The number of aryl methyl sites for hydroxylation is 1. The lowest BCUT2D eigenvalue weighted by Gasteiger charge is -2.14. The second-order valence-corrected chi connectivity index (χ2v) is 6.82. The molecule has 3 N–H and O–H groups in total. The van der Waals surface area contributed by atoms with Gasteiger partial charge in [-0.2, -0.15) is 0 Å². The van der Waals surface area contributed by atoms with Crippen molar-refractivity contribution in [1.82, 2.24) is 20.2 Å². The Kier molecular flexibility index (Phi) is 6.66. The second-order valence-electron chi connectivity index (χ2n) is 6.82. The number of ether oxygens (including phenoxy) is 1. The first-order valence-corrected chi connectivity index (χ1v) is 9.56. The second kappa shape index (κ2) is 9.57. The SMILES string of the molecule is Cc1c[nH]c(=O)n1-c1ccc(C(=O)OC(C)C(=O)NC(=O)NCc2ccccc2)cc1. The highest BCUT2D eigenvalue weighted by Crippen LogP contribution is 2.12. The van der Waals surface area contributed by atoms with Crippen LogP contribution in [-0.4, -0.2) is 33.6 Å². The Balaban J connectivity index is 1.53. The maximum atomic E-state index is 12.3. The number of rotatable bonds is 6. The molecule has 160 valence electrons. The van der Waals surface area contributed by atoms with Crippen molar-refractivity contribution in [3.63, 3.8) is 0 Å². The normalized spacial score (nSPS) is 11.4. The molecule has 3 amide bonds. The Bertz CT molecular complexity index is 1130. The number of aromatic amines is 1. The average molecular weight is 422 g/mol. The topological polar surface area (TPSA) is 122 Å². The van der Waals surface area contributed by atoms with Crippen LogP contribution in [0.1, 0.15) is 28.5 Å². The molecule has 0 aliphatic rings. The van der Waals surface area contributed by atoms with Crippen LogP contribution in [0.4, 0.5) is 4.79 Å². The van der Waals surface area contributed by atoms with Gasteiger partial charge in [-0.25, -0.2) is 14.4 Å². The average Bonchev–Trinajstić information content (AvgIpc) is 3.11. The van der Waals surface area contributed by atoms with Gasteiger partial charge in [0.1, 0.15) is 0 Å². The van der Waals surface area contributed by atoms with Crippen LogP contribution in [0.2, 0.25) is 0 Å². The van der Waals surface area contributed by atoms with Crippen molar-refractivity contribution in [2.75, 3.05) is 0 Å². The molecular weight excluding hydrogens is 400 g/mol. The minimum Gasteiger partial charge on any atom is -0.449 e. The Hall–Kier alpha value is -4.14. The van der Waals surface area contributed by atoms with Gasteiger partial charge in [0.15, 0.2) is 6.10 Å². The van der Waals surface area contributed by atoms with Crippen LogP contribution in [0.15, 0.2) is 65.6 Å². The van der Waals surface area contributed by atoms with Crippen LogP contribution in [0.5, 0.6) is 0 Å². The fourth-order valence-electron chi connectivity index (χ4n) is 2.84. The molecule has 1 heterocycles. The monoisotopic (exact) mass is 422 g/mol. The highest BCUT2D eigenvalue weighted by molar-refractivity contribution is 5.98. The molecule has 1 unspecified atom stereocenters. The van der Waals surface area contributed by atoms with Crippen LogP contribution in [-0.2, 0) is 16.1 Å². The van der Waals surface area contributed by atoms with Crippen LogP contribution >= 0.6 is 0 Å². The number of hydrogen-bond donors (Lipinski definition) is 3. The molecule has 3 aromatic rings. The standard InChI is InChI=1S/C22H22N4O5/c1-14-12-24-22(30)26(14)18-10-8-17(9-11-18)20(28)31-15(2)19(27)25-21(29)23-13-16-6-4-3-5-7-16/h3-12,15H,13H2,1-2H3,(H,24,30)(H2,23,25,27,29). The maximum Gasteiger partial charge on any atom is 0.338 e. The third-order valence-corrected chi connectivity index (χ3v) is 4.51. The molecule has 0 spiro atoms. The van der Waals surface area contributed by atoms with E-state index in [1.165, 1.54) is 23.6 Å². The van der Waals surface area contributed by atoms with Crippen LogP contribution < -0.4 is 16.3 Å². The smallest absolute Gasteiger partial charge is 0.338 e. The first kappa shape index (κ1) is 21.6. The van der Waals surface area contributed by atoms with Gasteiger partial charge in [-0.1, -0.05) is 30.3 Å². The summed E-state index contributed by atoms with van der Waals surface area (Å²) in [5.74, 6) is -1.47. The van der Waals surface area contributed by atoms with E-state index >= 15 is 0 Å². The van der Waals surface area contributed by atoms with Gasteiger partial charge in [-0.05, 0) is 43.7 Å². The number of nitrogens with one attached hydrogen (secondary N) is 3. The van der Waals surface area contributed by atoms with Gasteiger partial charge in [0.2, 0.25) is 0 Å². The lowest BCUT2D eigenvalue weighted by atomic mass is 10.2. The first-order chi connectivity index (χ1) is 14.8. The fourth-order valence-corrected chi connectivity index (χ4v) is 2.84. The van der Waals surface area contributed by atoms with Crippen molar-refractivity contribution in [3.05, 3.63) is 88.1 Å². The van der Waals surface area contributed by atoms with Gasteiger partial charge in [0.25, 0.3) is 5.91 Å². The van der Waals surface area contributed by atoms with Crippen LogP contribution in [0, 0.1) is 6.92 Å². The van der Waals surface area contributed by atoms with Crippen molar-refractivity contribution in [3.8, 4) is 5.69 Å². The highest BCUT2D eigenvalue weighted by atomic mass is 16.5. The quantitative estimate of drug-likeness (QED) is 0.525. The number of esters is 1. The van der Waals surface area contributed by atoms with Crippen molar-refractivity contribution >= 4 is 17.9 Å². The van der Waals surface area contributed by atoms with E-state index in [9.17, 15) is 19.2 Å². The van der Waals surface area contributed by atoms with Gasteiger partial charge < -0.3 is 15.0 Å². The fraction of sp³-hybridized carbons (Fsp3) is 0.182. The molecule has 0 fully saturated rings. The summed E-state index contributed by atoms with van der Waals surface area (Å²) in [6, 6.07) is 14.7. The van der Waals surface area contributed by atoms with Crippen molar-refractivity contribution < 1.29 is 19.1 Å². The Morgan fingerprint density at radius 2 is 1.74 bits per heavy atom. The minimum absolute atomic E-state index is 0.207. The summed E-state index contributed by atoms with van der Waals surface area (Å²) in [4.78, 5) is 50.7. The van der Waals surface area contributed by atoms with Gasteiger partial charge >= 0.3 is 17.7 Å². The van der Waals surface area contributed by atoms with Gasteiger partial charge in [0, 0.05) is 18.4 Å². The number of amides is 3. The first-order valence-electron chi connectivity index (χ1n) is 9.56. The van der Waals surface area contributed by atoms with Gasteiger partial charge in [-0.15, -0.1) is 0 Å². The molecule has 0 saturated heterocycles. The number of carbonyl (C=O) groups excluding carboxylic acids is 3. The minimum atomic E-state index is -1.18. The van der Waals surface area contributed by atoms with Crippen LogP contribution in [0.25, 0.3) is 5.69 Å². The number of urea groups is 1. The van der Waals surface area contributed by atoms with E-state index in [1.54, 1.807) is 25.3 Å². The largest absolute Gasteiger partial charge is 0.449 e. The van der Waals surface area contributed by atoms with E-state index in [0.29, 0.717) is 5.69 Å². The van der Waals surface area contributed by atoms with E-state index in [0.717, 1.165) is 11.3 Å². The number of H-pyrrole nitrogens is 1. The predicted octanol–water partition coefficient (Wildman–Crippen LogP) is 2.05. The summed E-state index contributed by atoms with van der Waals surface area (Å²) in [5, 5.41) is 4.70. The summed E-state index contributed by atoms with van der Waals surface area (Å²) in [6.45, 7) is 3.40. The Labute approximate surface area is 178 Å². The van der Waals surface area contributed by atoms with E-state index in [-0.39, 0.29) is 17.8 Å². The third-order valence-electron chi connectivity index (χ3n) is 4.51. The Morgan fingerprint density at radius 1 is 1.06 bits per heavy atom. The third kappa shape index (κ3) is 5.47. The zero-order valence-corrected chi connectivity index (χ0v) is 17.0.